The van der Waals surface area contributed by atoms with Crippen molar-refractivity contribution in [2.45, 2.75) is 38.8 Å². The van der Waals surface area contributed by atoms with Crippen LogP contribution in [0.4, 0.5) is 0 Å². The highest BCUT2D eigenvalue weighted by Crippen LogP contribution is 2.34. The third-order valence-corrected chi connectivity index (χ3v) is 4.23. The molecule has 0 bridgehead atoms. The molecule has 1 fully saturated rings. The zero-order valence-corrected chi connectivity index (χ0v) is 12.9. The van der Waals surface area contributed by atoms with E-state index in [9.17, 15) is 0 Å². The van der Waals surface area contributed by atoms with E-state index in [1.54, 1.807) is 0 Å². The van der Waals surface area contributed by atoms with Crippen molar-refractivity contribution in [3.8, 4) is 0 Å². The van der Waals surface area contributed by atoms with Crippen molar-refractivity contribution < 1.29 is 4.74 Å². The molecule has 0 radical (unpaired) electrons. The summed E-state index contributed by atoms with van der Waals surface area (Å²) < 4.78 is 8.67. The van der Waals surface area contributed by atoms with Gasteiger partial charge in [0.25, 0.3) is 0 Å². The standard InChI is InChI=1S/C13H22BrN3O/c1-9(2)17-13(11(14)8-16-17)12(15-3)10-4-6-18-7-5-10/h8-10,12,15H,4-7H2,1-3H3. The van der Waals surface area contributed by atoms with E-state index < -0.39 is 0 Å². The molecule has 1 aromatic heterocycles. The van der Waals surface area contributed by atoms with E-state index in [0.29, 0.717) is 18.0 Å². The van der Waals surface area contributed by atoms with Gasteiger partial charge in [-0.2, -0.15) is 5.10 Å². The molecule has 1 aromatic rings. The van der Waals surface area contributed by atoms with Gasteiger partial charge >= 0.3 is 0 Å². The number of hydrogen-bond acceptors (Lipinski definition) is 3. The van der Waals surface area contributed by atoms with Crippen LogP contribution in [0.3, 0.4) is 0 Å². The SMILES string of the molecule is CNC(c1c(Br)cnn1C(C)C)C1CCOCC1. The van der Waals surface area contributed by atoms with Gasteiger partial charge in [-0.1, -0.05) is 0 Å². The fourth-order valence-corrected chi connectivity index (χ4v) is 3.22. The molecule has 1 aliphatic heterocycles. The largest absolute Gasteiger partial charge is 0.381 e. The molecule has 1 atom stereocenters. The zero-order chi connectivity index (χ0) is 13.1. The van der Waals surface area contributed by atoms with Gasteiger partial charge in [0.1, 0.15) is 0 Å². The molecule has 1 unspecified atom stereocenters. The van der Waals surface area contributed by atoms with Crippen molar-refractivity contribution in [3.63, 3.8) is 0 Å². The predicted octanol–water partition coefficient (Wildman–Crippen LogP) is 2.91. The van der Waals surface area contributed by atoms with Crippen LogP contribution < -0.4 is 5.32 Å². The van der Waals surface area contributed by atoms with Gasteiger partial charge in [-0.15, -0.1) is 0 Å². The molecule has 0 saturated carbocycles. The monoisotopic (exact) mass is 315 g/mol. The van der Waals surface area contributed by atoms with Crippen LogP contribution in [0.25, 0.3) is 0 Å². The van der Waals surface area contributed by atoms with Crippen molar-refractivity contribution in [2.24, 2.45) is 5.92 Å². The van der Waals surface area contributed by atoms with Gasteiger partial charge in [0.15, 0.2) is 0 Å². The molecule has 0 spiro atoms. The predicted molar refractivity (Wildman–Crippen MR) is 75.7 cm³/mol. The van der Waals surface area contributed by atoms with Gasteiger partial charge in [-0.05, 0) is 55.6 Å². The van der Waals surface area contributed by atoms with Crippen molar-refractivity contribution in [1.29, 1.82) is 0 Å². The lowest BCUT2D eigenvalue weighted by molar-refractivity contribution is 0.0532. The minimum atomic E-state index is 0.341. The fraction of sp³-hybridized carbons (Fsp3) is 0.769. The number of halogens is 1. The summed E-state index contributed by atoms with van der Waals surface area (Å²) in [5.74, 6) is 0.620. The van der Waals surface area contributed by atoms with E-state index in [1.807, 2.05) is 13.2 Å². The minimum absolute atomic E-state index is 0.341. The maximum Gasteiger partial charge on any atom is 0.0701 e. The maximum atomic E-state index is 5.46. The van der Waals surface area contributed by atoms with Gasteiger partial charge in [-0.25, -0.2) is 0 Å². The number of rotatable bonds is 4. The summed E-state index contributed by atoms with van der Waals surface area (Å²) in [6, 6.07) is 0.718. The van der Waals surface area contributed by atoms with Crippen LogP contribution in [0.15, 0.2) is 10.7 Å². The molecule has 0 aromatic carbocycles. The summed E-state index contributed by atoms with van der Waals surface area (Å²) >= 11 is 3.64. The first-order valence-electron chi connectivity index (χ1n) is 6.63. The topological polar surface area (TPSA) is 39.1 Å². The summed E-state index contributed by atoms with van der Waals surface area (Å²) in [7, 11) is 2.03. The molecular weight excluding hydrogens is 294 g/mol. The second-order valence-electron chi connectivity index (χ2n) is 5.13. The van der Waals surface area contributed by atoms with Gasteiger partial charge in [0.2, 0.25) is 0 Å². The van der Waals surface area contributed by atoms with Gasteiger partial charge in [0.05, 0.1) is 22.4 Å². The second kappa shape index (κ2) is 6.17. The molecule has 18 heavy (non-hydrogen) atoms. The molecule has 2 heterocycles. The average Bonchev–Trinajstić information content (AvgIpc) is 2.74. The Kier molecular flexibility index (Phi) is 4.81. The van der Waals surface area contributed by atoms with Crippen LogP contribution in [-0.2, 0) is 4.74 Å². The van der Waals surface area contributed by atoms with Crippen molar-refractivity contribution in [2.75, 3.05) is 20.3 Å². The van der Waals surface area contributed by atoms with Crippen molar-refractivity contribution >= 4 is 15.9 Å². The number of hydrogen-bond donors (Lipinski definition) is 1. The first-order valence-corrected chi connectivity index (χ1v) is 7.42. The zero-order valence-electron chi connectivity index (χ0n) is 11.3. The molecule has 4 nitrogen and oxygen atoms in total. The molecular formula is C13H22BrN3O. The summed E-state index contributed by atoms with van der Waals surface area (Å²) in [5.41, 5.74) is 1.26. The minimum Gasteiger partial charge on any atom is -0.381 e. The third-order valence-electron chi connectivity index (χ3n) is 3.62. The van der Waals surface area contributed by atoms with E-state index in [2.05, 4.69) is 44.9 Å². The molecule has 0 amide bonds. The number of nitrogens with one attached hydrogen (secondary N) is 1. The lowest BCUT2D eigenvalue weighted by Crippen LogP contribution is -2.32. The lowest BCUT2D eigenvalue weighted by Gasteiger charge is -2.31. The van der Waals surface area contributed by atoms with Crippen molar-refractivity contribution in [3.05, 3.63) is 16.4 Å². The molecule has 1 N–H and O–H groups in total. The molecule has 2 rings (SSSR count). The number of nitrogens with zero attached hydrogens (tertiary/aromatic N) is 2. The van der Waals surface area contributed by atoms with E-state index in [4.69, 9.17) is 4.74 Å². The Morgan fingerprint density at radius 2 is 2.11 bits per heavy atom. The van der Waals surface area contributed by atoms with Crippen LogP contribution in [0.5, 0.6) is 0 Å². The van der Waals surface area contributed by atoms with E-state index in [0.717, 1.165) is 30.5 Å². The molecule has 102 valence electrons. The van der Waals surface area contributed by atoms with E-state index >= 15 is 0 Å². The average molecular weight is 316 g/mol. The first-order chi connectivity index (χ1) is 8.65. The van der Waals surface area contributed by atoms with Crippen LogP contribution >= 0.6 is 15.9 Å². The Bertz CT molecular complexity index is 386. The van der Waals surface area contributed by atoms with Crippen LogP contribution in [-0.4, -0.2) is 30.0 Å². The van der Waals surface area contributed by atoms with Crippen LogP contribution in [0.2, 0.25) is 0 Å². The number of ether oxygens (including phenoxy) is 1. The highest BCUT2D eigenvalue weighted by molar-refractivity contribution is 9.10. The molecule has 1 aliphatic rings. The highest BCUT2D eigenvalue weighted by Gasteiger charge is 2.29. The van der Waals surface area contributed by atoms with E-state index in [-0.39, 0.29) is 0 Å². The van der Waals surface area contributed by atoms with Crippen molar-refractivity contribution in [1.82, 2.24) is 15.1 Å². The summed E-state index contributed by atoms with van der Waals surface area (Å²) in [6.07, 6.45) is 4.13. The smallest absolute Gasteiger partial charge is 0.0701 e. The molecule has 1 saturated heterocycles. The summed E-state index contributed by atoms with van der Waals surface area (Å²) in [4.78, 5) is 0. The second-order valence-corrected chi connectivity index (χ2v) is 5.99. The van der Waals surface area contributed by atoms with Gasteiger partial charge < -0.3 is 10.1 Å². The molecule has 5 heteroatoms. The highest BCUT2D eigenvalue weighted by atomic mass is 79.9. The van der Waals surface area contributed by atoms with Gasteiger partial charge in [-0.3, -0.25) is 4.68 Å². The summed E-state index contributed by atoms with van der Waals surface area (Å²) in [6.45, 7) is 6.08. The lowest BCUT2D eigenvalue weighted by atomic mass is 9.89. The first kappa shape index (κ1) is 14.0. The Hall–Kier alpha value is -0.390. The quantitative estimate of drug-likeness (QED) is 0.928. The van der Waals surface area contributed by atoms with Crippen LogP contribution in [0, 0.1) is 5.92 Å². The fourth-order valence-electron chi connectivity index (χ4n) is 2.70. The maximum absolute atomic E-state index is 5.46. The number of aromatic nitrogens is 2. The summed E-state index contributed by atoms with van der Waals surface area (Å²) in [5, 5.41) is 7.94. The van der Waals surface area contributed by atoms with Crippen LogP contribution in [0.1, 0.15) is 44.5 Å². The van der Waals surface area contributed by atoms with E-state index in [1.165, 1.54) is 5.69 Å². The Balaban J connectivity index is 2.28. The Morgan fingerprint density at radius 3 is 2.67 bits per heavy atom. The third kappa shape index (κ3) is 2.78. The Labute approximate surface area is 117 Å². The normalized spacial score (nSPS) is 19.4. The molecule has 0 aliphatic carbocycles. The van der Waals surface area contributed by atoms with Gasteiger partial charge in [0, 0.05) is 19.3 Å². The Morgan fingerprint density at radius 1 is 1.44 bits per heavy atom.